The number of nitrogens with one attached hydrogen (secondary N) is 1. The summed E-state index contributed by atoms with van der Waals surface area (Å²) in [6, 6.07) is 12.3. The zero-order valence-corrected chi connectivity index (χ0v) is 41.5. The number of amides is 2. The highest BCUT2D eigenvalue weighted by molar-refractivity contribution is 6.03. The first-order valence-electron chi connectivity index (χ1n) is 26.2. The molecule has 7 aliphatic rings. The van der Waals surface area contributed by atoms with Crippen LogP contribution in [0, 0.1) is 22.5 Å². The minimum absolute atomic E-state index is 0.0216. The van der Waals surface area contributed by atoms with Crippen LogP contribution in [0.3, 0.4) is 0 Å². The number of likely N-dealkylation sites (tertiary alicyclic amines) is 1. The van der Waals surface area contributed by atoms with Crippen LogP contribution in [-0.2, 0) is 17.8 Å². The van der Waals surface area contributed by atoms with Crippen LogP contribution in [0.25, 0.3) is 32.9 Å². The molecule has 378 valence electrons. The monoisotopic (exact) mass is 982 g/mol. The number of phenolic OH excluding ortho intramolecular Hbond substituents is 1. The maximum atomic E-state index is 17.2. The summed E-state index contributed by atoms with van der Waals surface area (Å²) in [4.78, 5) is 51.6. The second kappa shape index (κ2) is 17.9. The number of fused-ring (bicyclic) bond motifs is 3. The van der Waals surface area contributed by atoms with Gasteiger partial charge < -0.3 is 39.9 Å². The lowest BCUT2D eigenvalue weighted by molar-refractivity contribution is -0.126. The van der Waals surface area contributed by atoms with Crippen LogP contribution in [0.5, 0.6) is 11.8 Å². The Labute approximate surface area is 419 Å². The third kappa shape index (κ3) is 8.60. The summed E-state index contributed by atoms with van der Waals surface area (Å²) in [5, 5.41) is 26.2. The number of halogens is 2. The Morgan fingerprint density at radius 3 is 2.44 bits per heavy atom. The number of piperazine rings is 1. The zero-order chi connectivity index (χ0) is 49.7. The lowest BCUT2D eigenvalue weighted by Gasteiger charge is -2.56. The van der Waals surface area contributed by atoms with Crippen molar-refractivity contribution in [1.82, 2.24) is 35.0 Å². The summed E-state index contributed by atoms with van der Waals surface area (Å²) in [6.45, 7) is 16.3. The summed E-state index contributed by atoms with van der Waals surface area (Å²) in [5.41, 5.74) is 3.63. The predicted molar refractivity (Wildman–Crippen MR) is 272 cm³/mol. The van der Waals surface area contributed by atoms with Gasteiger partial charge >= 0.3 is 6.01 Å². The SMILES string of the molecule is C=C1CC[C@H](N2Cc3cc(N4CCN(C5CC6(CCN(CC7(COc8nc(N9CCC[C@@](C)(O)C9)c9cnc(-c%10cc(O)cc%11ccc(F)c(CC)c%10%11)c(F)c9n8)CC7)CC6)C5)CC4)ccc3C2=O)C(=O)N1. The van der Waals surface area contributed by atoms with E-state index in [-0.39, 0.29) is 45.8 Å². The number of aromatic nitrogens is 3. The van der Waals surface area contributed by atoms with Gasteiger partial charge in [0.05, 0.1) is 17.6 Å². The maximum absolute atomic E-state index is 17.2. The van der Waals surface area contributed by atoms with Crippen LogP contribution in [-0.4, -0.2) is 135 Å². The van der Waals surface area contributed by atoms with Gasteiger partial charge in [-0.25, -0.2) is 8.78 Å². The van der Waals surface area contributed by atoms with Crippen molar-refractivity contribution in [1.29, 1.82) is 0 Å². The molecule has 2 aromatic heterocycles. The summed E-state index contributed by atoms with van der Waals surface area (Å²) >= 11 is 0. The number of β-amino-alcohol motifs (C(OH)–C–C–N with tert-alkyl or cyclic N) is 1. The number of ether oxygens (including phenoxy) is 1. The normalized spacial score (nSPS) is 24.5. The first-order valence-corrected chi connectivity index (χ1v) is 26.2. The van der Waals surface area contributed by atoms with Gasteiger partial charge in [0.1, 0.15) is 34.6 Å². The fourth-order valence-corrected chi connectivity index (χ4v) is 13.1. The molecule has 14 nitrogen and oxygen atoms in total. The Bertz CT molecular complexity index is 3010. The van der Waals surface area contributed by atoms with E-state index in [4.69, 9.17) is 14.7 Å². The summed E-state index contributed by atoms with van der Waals surface area (Å²) < 4.78 is 38.9. The number of hydrogen-bond donors (Lipinski definition) is 3. The lowest BCUT2D eigenvalue weighted by Crippen LogP contribution is -2.59. The molecule has 12 rings (SSSR count). The number of carbonyl (C=O) groups excluding carboxylic acids is 2. The van der Waals surface area contributed by atoms with E-state index in [1.165, 1.54) is 37.8 Å². The summed E-state index contributed by atoms with van der Waals surface area (Å²) in [6.07, 6.45) is 11.5. The standard InChI is InChI=1S/C56H65F2N9O5/c1-4-40-44(57)10-7-35-25-39(68)26-42(46(35)40)48-47(58)49-43(29-59-48)50(66-17-5-12-54(3,71)31-66)62-53(61-49)72-33-56(13-14-56)32-63-18-15-55(16-19-63)27-38(28-55)65-22-20-64(21-23-65)37-8-9-41-36(24-37)30-67(52(41)70)45-11-6-34(2)60-51(45)69/h7-10,24-26,29,38,45,68,71H,2,4-6,11-23,27-28,30-33H2,1,3H3,(H,60,69)/t45-,54+/m0/s1. The highest BCUT2D eigenvalue weighted by atomic mass is 19.1. The molecule has 2 amide bonds. The molecule has 3 aromatic carbocycles. The fraction of sp³-hybridized carbons (Fsp3) is 0.518. The molecule has 4 saturated heterocycles. The number of piperidine rings is 3. The number of anilines is 2. The third-order valence-electron chi connectivity index (χ3n) is 17.5. The predicted octanol–water partition coefficient (Wildman–Crippen LogP) is 7.72. The quantitative estimate of drug-likeness (QED) is 0.119. The molecule has 6 fully saturated rings. The topological polar surface area (TPSA) is 151 Å². The first-order chi connectivity index (χ1) is 34.7. The number of aromatic hydroxyl groups is 1. The number of rotatable bonds is 11. The zero-order valence-electron chi connectivity index (χ0n) is 41.5. The van der Waals surface area contributed by atoms with Crippen LogP contribution in [0.4, 0.5) is 20.3 Å². The highest BCUT2D eigenvalue weighted by Crippen LogP contribution is 2.53. The second-order valence-corrected chi connectivity index (χ2v) is 22.6. The van der Waals surface area contributed by atoms with Crippen molar-refractivity contribution in [3.05, 3.63) is 89.3 Å². The van der Waals surface area contributed by atoms with E-state index in [2.05, 4.69) is 43.7 Å². The number of allylic oxidation sites excluding steroid dienone is 1. The van der Waals surface area contributed by atoms with Crippen LogP contribution in [0.1, 0.15) is 99.5 Å². The van der Waals surface area contributed by atoms with Gasteiger partial charge in [0, 0.05) is 92.5 Å². The number of nitrogens with zero attached hydrogens (tertiary/aromatic N) is 8. The molecule has 7 heterocycles. The van der Waals surface area contributed by atoms with Gasteiger partial charge in [-0.2, -0.15) is 9.97 Å². The third-order valence-corrected chi connectivity index (χ3v) is 17.5. The Morgan fingerprint density at radius 1 is 0.917 bits per heavy atom. The minimum Gasteiger partial charge on any atom is -0.508 e. The molecule has 0 unspecified atom stereocenters. The summed E-state index contributed by atoms with van der Waals surface area (Å²) in [5.74, 6) is -0.955. The van der Waals surface area contributed by atoms with Crippen molar-refractivity contribution >= 4 is 45.0 Å². The van der Waals surface area contributed by atoms with E-state index in [1.54, 1.807) is 30.2 Å². The van der Waals surface area contributed by atoms with E-state index >= 15 is 8.78 Å². The van der Waals surface area contributed by atoms with Crippen molar-refractivity contribution in [2.75, 3.05) is 75.3 Å². The Hall–Kier alpha value is -5.97. The van der Waals surface area contributed by atoms with Gasteiger partial charge in [0.15, 0.2) is 5.82 Å². The largest absolute Gasteiger partial charge is 0.508 e. The number of benzene rings is 3. The van der Waals surface area contributed by atoms with E-state index in [0.717, 1.165) is 76.3 Å². The molecule has 16 heteroatoms. The highest BCUT2D eigenvalue weighted by Gasteiger charge is 2.51. The molecule has 5 aliphatic heterocycles. The molecule has 2 atom stereocenters. The molecular weight excluding hydrogens is 917 g/mol. The number of pyridine rings is 1. The van der Waals surface area contributed by atoms with E-state index in [0.29, 0.717) is 102 Å². The van der Waals surface area contributed by atoms with Crippen molar-refractivity contribution in [2.45, 2.75) is 109 Å². The molecule has 72 heavy (non-hydrogen) atoms. The number of aryl methyl sites for hydroxylation is 1. The molecule has 2 saturated carbocycles. The van der Waals surface area contributed by atoms with Gasteiger partial charge in [-0.05, 0) is 154 Å². The fourth-order valence-electron chi connectivity index (χ4n) is 13.1. The van der Waals surface area contributed by atoms with Gasteiger partial charge in [-0.3, -0.25) is 19.5 Å². The average molecular weight is 982 g/mol. The Kier molecular flexibility index (Phi) is 11.7. The van der Waals surface area contributed by atoms with E-state index in [9.17, 15) is 19.8 Å². The first kappa shape index (κ1) is 47.1. The number of phenols is 1. The van der Waals surface area contributed by atoms with Crippen molar-refractivity contribution in [2.24, 2.45) is 10.8 Å². The van der Waals surface area contributed by atoms with Crippen molar-refractivity contribution < 1.29 is 33.3 Å². The molecule has 0 bridgehead atoms. The summed E-state index contributed by atoms with van der Waals surface area (Å²) in [7, 11) is 0. The van der Waals surface area contributed by atoms with Crippen molar-refractivity contribution in [3.63, 3.8) is 0 Å². The number of aliphatic hydroxyl groups is 1. The van der Waals surface area contributed by atoms with Gasteiger partial charge in [0.2, 0.25) is 5.91 Å². The van der Waals surface area contributed by atoms with E-state index in [1.807, 2.05) is 17.9 Å². The van der Waals surface area contributed by atoms with Crippen LogP contribution in [0.15, 0.2) is 60.9 Å². The smallest absolute Gasteiger partial charge is 0.319 e. The van der Waals surface area contributed by atoms with Gasteiger partial charge in [0.25, 0.3) is 5.91 Å². The van der Waals surface area contributed by atoms with E-state index < -0.39 is 23.3 Å². The van der Waals surface area contributed by atoms with Crippen LogP contribution >= 0.6 is 0 Å². The van der Waals surface area contributed by atoms with Crippen LogP contribution < -0.4 is 19.9 Å². The number of carbonyl (C=O) groups is 2. The molecular formula is C56H65F2N9O5. The maximum Gasteiger partial charge on any atom is 0.319 e. The lowest BCUT2D eigenvalue weighted by atomic mass is 9.60. The van der Waals surface area contributed by atoms with Crippen molar-refractivity contribution in [3.8, 4) is 23.0 Å². The Balaban J connectivity index is 0.677. The molecule has 3 N–H and O–H groups in total. The average Bonchev–Trinajstić information content (AvgIpc) is 4.05. The van der Waals surface area contributed by atoms with Gasteiger partial charge in [-0.15, -0.1) is 0 Å². The second-order valence-electron chi connectivity index (χ2n) is 22.6. The number of hydrogen-bond acceptors (Lipinski definition) is 12. The van der Waals surface area contributed by atoms with Crippen LogP contribution in [0.2, 0.25) is 0 Å². The molecule has 0 radical (unpaired) electrons. The molecule has 2 aliphatic carbocycles. The minimum atomic E-state index is -0.960. The molecule has 1 spiro atoms. The molecule has 5 aromatic rings. The Morgan fingerprint density at radius 2 is 1.71 bits per heavy atom. The van der Waals surface area contributed by atoms with Gasteiger partial charge in [-0.1, -0.05) is 19.6 Å².